The molecule has 0 spiro atoms. The Morgan fingerprint density at radius 2 is 1.00 bits per heavy atom. The standard InChI is InChI=1S/C23H40O17/c1-6-10(26)12(28)14(30)21(36-6)39-18-9(25)5-34-20(16(18)32)38-17-7(2)37-22(15(31)13(17)29)40-19-11(27)8(24)4-35-23(19)33-3/h6-32H,4-5H2,1-3H3/t6-,7-,8-,9+,10-,11-,12+,13-,14+,15+,16+,17-,18-,19+,20-,21-,22-,23-/m0/s1. The van der Waals surface area contributed by atoms with Gasteiger partial charge >= 0.3 is 0 Å². The lowest BCUT2D eigenvalue weighted by Crippen LogP contribution is -2.65. The van der Waals surface area contributed by atoms with Crippen LogP contribution in [0.25, 0.3) is 0 Å². The maximum absolute atomic E-state index is 10.9. The molecule has 9 N–H and O–H groups in total. The van der Waals surface area contributed by atoms with Crippen LogP contribution in [0.15, 0.2) is 0 Å². The molecule has 0 aromatic carbocycles. The number of rotatable bonds is 7. The zero-order valence-corrected chi connectivity index (χ0v) is 22.1. The fraction of sp³-hybridized carbons (Fsp3) is 1.00. The monoisotopic (exact) mass is 588 g/mol. The second-order valence-corrected chi connectivity index (χ2v) is 10.4. The van der Waals surface area contributed by atoms with Crippen molar-refractivity contribution in [2.45, 2.75) is 124 Å². The number of aliphatic hydroxyl groups excluding tert-OH is 9. The second-order valence-electron chi connectivity index (χ2n) is 10.4. The molecular formula is C23H40O17. The highest BCUT2D eigenvalue weighted by molar-refractivity contribution is 4.94. The average Bonchev–Trinajstić information content (AvgIpc) is 2.92. The first-order chi connectivity index (χ1) is 18.8. The molecule has 17 nitrogen and oxygen atoms in total. The summed E-state index contributed by atoms with van der Waals surface area (Å²) in [5, 5.41) is 93.2. The van der Waals surface area contributed by atoms with Crippen molar-refractivity contribution in [1.29, 1.82) is 0 Å². The van der Waals surface area contributed by atoms with Gasteiger partial charge in [-0.1, -0.05) is 0 Å². The Morgan fingerprint density at radius 1 is 0.475 bits per heavy atom. The smallest absolute Gasteiger partial charge is 0.187 e. The quantitative estimate of drug-likeness (QED) is 0.134. The van der Waals surface area contributed by atoms with Gasteiger partial charge in [0, 0.05) is 7.11 Å². The molecule has 17 heteroatoms. The molecule has 0 unspecified atom stereocenters. The molecule has 0 saturated carbocycles. The molecule has 0 aromatic heterocycles. The van der Waals surface area contributed by atoms with Crippen molar-refractivity contribution in [3.8, 4) is 0 Å². The van der Waals surface area contributed by atoms with E-state index in [1.54, 1.807) is 0 Å². The van der Waals surface area contributed by atoms with Gasteiger partial charge in [-0.25, -0.2) is 0 Å². The fourth-order valence-electron chi connectivity index (χ4n) is 5.07. The van der Waals surface area contributed by atoms with Crippen molar-refractivity contribution in [3.05, 3.63) is 0 Å². The van der Waals surface area contributed by atoms with E-state index in [4.69, 9.17) is 37.9 Å². The Balaban J connectivity index is 1.39. The first-order valence-electron chi connectivity index (χ1n) is 13.0. The SMILES string of the molecule is CO[C@H]1OC[C@H](O)[C@H](O)[C@H]1O[C@@H]1O[C@@H](C)[C@H](O[C@@H]2OC[C@@H](O)[C@H](O[C@@H]3O[C@@H](C)[C@H](O)[C@@H](O)[C@H]3O)[C@H]2O)[C@@H](O)[C@H]1O. The van der Waals surface area contributed by atoms with Gasteiger partial charge in [0.2, 0.25) is 0 Å². The first kappa shape index (κ1) is 32.2. The molecular weight excluding hydrogens is 548 g/mol. The zero-order chi connectivity index (χ0) is 29.5. The van der Waals surface area contributed by atoms with Crippen LogP contribution in [-0.2, 0) is 37.9 Å². The lowest BCUT2D eigenvalue weighted by molar-refractivity contribution is -0.377. The zero-order valence-electron chi connectivity index (χ0n) is 22.1. The number of ether oxygens (including phenoxy) is 8. The van der Waals surface area contributed by atoms with Gasteiger partial charge in [-0.15, -0.1) is 0 Å². The third-order valence-electron chi connectivity index (χ3n) is 7.55. The number of aliphatic hydroxyl groups is 9. The summed E-state index contributed by atoms with van der Waals surface area (Å²) in [6.45, 7) is 2.30. The normalized spacial score (nSPS) is 54.3. The van der Waals surface area contributed by atoms with E-state index in [9.17, 15) is 46.0 Å². The molecule has 4 saturated heterocycles. The minimum Gasteiger partial charge on any atom is -0.388 e. The third kappa shape index (κ3) is 6.46. The summed E-state index contributed by atoms with van der Waals surface area (Å²) >= 11 is 0. The minimum atomic E-state index is -1.73. The van der Waals surface area contributed by atoms with Crippen LogP contribution >= 0.6 is 0 Å². The van der Waals surface area contributed by atoms with Crippen LogP contribution in [0, 0.1) is 0 Å². The molecule has 40 heavy (non-hydrogen) atoms. The van der Waals surface area contributed by atoms with Crippen LogP contribution in [0.2, 0.25) is 0 Å². The highest BCUT2D eigenvalue weighted by Crippen LogP contribution is 2.32. The van der Waals surface area contributed by atoms with Crippen LogP contribution in [0.4, 0.5) is 0 Å². The van der Waals surface area contributed by atoms with Crippen LogP contribution < -0.4 is 0 Å². The second kappa shape index (κ2) is 13.3. The van der Waals surface area contributed by atoms with Gasteiger partial charge in [0.1, 0.15) is 73.2 Å². The van der Waals surface area contributed by atoms with Crippen molar-refractivity contribution < 1.29 is 83.9 Å². The van der Waals surface area contributed by atoms with Gasteiger partial charge in [-0.3, -0.25) is 0 Å². The number of hydrogen-bond acceptors (Lipinski definition) is 17. The molecule has 4 aliphatic rings. The summed E-state index contributed by atoms with van der Waals surface area (Å²) < 4.78 is 43.7. The Kier molecular flexibility index (Phi) is 10.7. The molecule has 234 valence electrons. The molecule has 0 aliphatic carbocycles. The Labute approximate surface area is 229 Å². The average molecular weight is 589 g/mol. The number of methoxy groups -OCH3 is 1. The highest BCUT2D eigenvalue weighted by atomic mass is 16.8. The summed E-state index contributed by atoms with van der Waals surface area (Å²) in [5.74, 6) is 0. The molecule has 4 aliphatic heterocycles. The van der Waals surface area contributed by atoms with Gasteiger partial charge in [-0.2, -0.15) is 0 Å². The van der Waals surface area contributed by atoms with Gasteiger partial charge in [0.05, 0.1) is 25.4 Å². The summed E-state index contributed by atoms with van der Waals surface area (Å²) in [4.78, 5) is 0. The maximum Gasteiger partial charge on any atom is 0.187 e. The number of hydrogen-bond donors (Lipinski definition) is 9. The van der Waals surface area contributed by atoms with Gasteiger partial charge in [0.15, 0.2) is 25.2 Å². The third-order valence-corrected chi connectivity index (χ3v) is 7.55. The van der Waals surface area contributed by atoms with E-state index in [1.165, 1.54) is 21.0 Å². The van der Waals surface area contributed by atoms with Crippen molar-refractivity contribution in [3.63, 3.8) is 0 Å². The molecule has 4 rings (SSSR count). The fourth-order valence-corrected chi connectivity index (χ4v) is 5.07. The van der Waals surface area contributed by atoms with E-state index in [1.807, 2.05) is 0 Å². The summed E-state index contributed by atoms with van der Waals surface area (Å²) in [7, 11) is 1.29. The Hall–Kier alpha value is -0.680. The summed E-state index contributed by atoms with van der Waals surface area (Å²) in [5.41, 5.74) is 0. The van der Waals surface area contributed by atoms with E-state index in [0.717, 1.165) is 0 Å². The molecule has 4 heterocycles. The molecule has 18 atom stereocenters. The largest absolute Gasteiger partial charge is 0.388 e. The van der Waals surface area contributed by atoms with Gasteiger partial charge in [0.25, 0.3) is 0 Å². The van der Waals surface area contributed by atoms with E-state index >= 15 is 0 Å². The van der Waals surface area contributed by atoms with Crippen LogP contribution in [0.1, 0.15) is 13.8 Å². The van der Waals surface area contributed by atoms with E-state index in [-0.39, 0.29) is 6.61 Å². The van der Waals surface area contributed by atoms with Gasteiger partial charge < -0.3 is 83.9 Å². The molecule has 4 fully saturated rings. The predicted molar refractivity (Wildman–Crippen MR) is 124 cm³/mol. The van der Waals surface area contributed by atoms with Crippen molar-refractivity contribution in [1.82, 2.24) is 0 Å². The van der Waals surface area contributed by atoms with E-state index in [0.29, 0.717) is 0 Å². The van der Waals surface area contributed by atoms with Crippen LogP contribution in [-0.4, -0.2) is 177 Å². The lowest BCUT2D eigenvalue weighted by Gasteiger charge is -2.47. The van der Waals surface area contributed by atoms with E-state index in [2.05, 4.69) is 0 Å². The molecule has 0 aromatic rings. The van der Waals surface area contributed by atoms with Crippen LogP contribution in [0.5, 0.6) is 0 Å². The lowest BCUT2D eigenvalue weighted by atomic mass is 9.98. The Morgan fingerprint density at radius 3 is 1.65 bits per heavy atom. The first-order valence-corrected chi connectivity index (χ1v) is 13.0. The summed E-state index contributed by atoms with van der Waals surface area (Å²) in [6.07, 6.45) is -25.5. The highest BCUT2D eigenvalue weighted by Gasteiger charge is 2.52. The maximum atomic E-state index is 10.9. The minimum absolute atomic E-state index is 0.209. The Bertz CT molecular complexity index is 805. The van der Waals surface area contributed by atoms with Crippen molar-refractivity contribution >= 4 is 0 Å². The molecule has 0 bridgehead atoms. The van der Waals surface area contributed by atoms with Crippen molar-refractivity contribution in [2.75, 3.05) is 20.3 Å². The van der Waals surface area contributed by atoms with Gasteiger partial charge in [-0.05, 0) is 13.8 Å². The topological polar surface area (TPSA) is 256 Å². The molecule has 0 radical (unpaired) electrons. The summed E-state index contributed by atoms with van der Waals surface area (Å²) in [6, 6.07) is 0. The molecule has 0 amide bonds. The predicted octanol–water partition coefficient (Wildman–Crippen LogP) is -5.76. The van der Waals surface area contributed by atoms with Crippen LogP contribution in [0.3, 0.4) is 0 Å². The van der Waals surface area contributed by atoms with E-state index < -0.39 is 117 Å². The van der Waals surface area contributed by atoms with Crippen molar-refractivity contribution in [2.24, 2.45) is 0 Å².